The molecule has 2 atom stereocenters. The number of nitrogens with zero attached hydrogens (tertiary/aromatic N) is 1. The van der Waals surface area contributed by atoms with Crippen molar-refractivity contribution in [2.24, 2.45) is 10.9 Å². The van der Waals surface area contributed by atoms with Crippen LogP contribution in [-0.2, 0) is 6.54 Å². The second kappa shape index (κ2) is 10.8. The van der Waals surface area contributed by atoms with Gasteiger partial charge in [0.15, 0.2) is 17.5 Å². The minimum Gasteiger partial charge on any atom is -0.502 e. The number of phenolic OH excluding ortho intramolecular Hbond substituents is 1. The van der Waals surface area contributed by atoms with Crippen LogP contribution in [0.5, 0.6) is 17.2 Å². The number of aromatic hydroxyl groups is 1. The van der Waals surface area contributed by atoms with Crippen LogP contribution < -0.4 is 20.1 Å². The summed E-state index contributed by atoms with van der Waals surface area (Å²) < 4.78 is 49.1. The van der Waals surface area contributed by atoms with E-state index >= 15 is 0 Å². The van der Waals surface area contributed by atoms with Gasteiger partial charge in [0.2, 0.25) is 5.75 Å². The molecule has 1 fully saturated rings. The number of ether oxygens (including phenoxy) is 2. The standard InChI is InChI=1S/C18H26F3N3O3.HI/c1-22-17(24-13-6-4-5-12(9-13)18(19,20)21)23-10-11-7-14(26-2)16(25)15(8-11)27-3;/h7-8,12-13,25H,4-6,9-10H2,1-3H3,(H2,22,23,24);1H. The fourth-order valence-corrected chi connectivity index (χ4v) is 3.24. The number of aliphatic imine (C=N–C) groups is 1. The van der Waals surface area contributed by atoms with Crippen LogP contribution in [0.3, 0.4) is 0 Å². The maximum absolute atomic E-state index is 13.0. The number of hydrogen-bond donors (Lipinski definition) is 3. The molecule has 1 saturated carbocycles. The molecule has 0 aromatic heterocycles. The number of hydrogen-bond acceptors (Lipinski definition) is 4. The van der Waals surface area contributed by atoms with Crippen LogP contribution in [0, 0.1) is 5.92 Å². The molecule has 2 rings (SSSR count). The molecular weight excluding hydrogens is 490 g/mol. The Labute approximate surface area is 179 Å². The van der Waals surface area contributed by atoms with Crippen LogP contribution in [0.25, 0.3) is 0 Å². The highest BCUT2D eigenvalue weighted by Gasteiger charge is 2.42. The van der Waals surface area contributed by atoms with Crippen molar-refractivity contribution in [3.05, 3.63) is 17.7 Å². The number of phenols is 1. The Balaban J connectivity index is 0.00000392. The summed E-state index contributed by atoms with van der Waals surface area (Å²) in [6, 6.07) is 3.03. The van der Waals surface area contributed by atoms with Crippen molar-refractivity contribution in [3.8, 4) is 17.2 Å². The summed E-state index contributed by atoms with van der Waals surface area (Å²) >= 11 is 0. The zero-order valence-corrected chi connectivity index (χ0v) is 18.4. The topological polar surface area (TPSA) is 75.1 Å². The van der Waals surface area contributed by atoms with Gasteiger partial charge in [-0.15, -0.1) is 24.0 Å². The molecule has 1 aromatic carbocycles. The summed E-state index contributed by atoms with van der Waals surface area (Å²) in [6.07, 6.45) is -2.72. The molecule has 0 heterocycles. The fraction of sp³-hybridized carbons (Fsp3) is 0.611. The lowest BCUT2D eigenvalue weighted by molar-refractivity contribution is -0.183. The van der Waals surface area contributed by atoms with E-state index in [1.54, 1.807) is 19.2 Å². The highest BCUT2D eigenvalue weighted by molar-refractivity contribution is 14.0. The molecule has 0 spiro atoms. The summed E-state index contributed by atoms with van der Waals surface area (Å²) in [5.41, 5.74) is 0.765. The number of halogens is 4. The number of benzene rings is 1. The Morgan fingerprint density at radius 3 is 2.32 bits per heavy atom. The maximum Gasteiger partial charge on any atom is 0.391 e. The highest BCUT2D eigenvalue weighted by Crippen LogP contribution is 2.38. The second-order valence-corrected chi connectivity index (χ2v) is 6.52. The van der Waals surface area contributed by atoms with E-state index < -0.39 is 12.1 Å². The van der Waals surface area contributed by atoms with Gasteiger partial charge in [0.1, 0.15) is 0 Å². The third-order valence-corrected chi connectivity index (χ3v) is 4.70. The van der Waals surface area contributed by atoms with E-state index in [0.717, 1.165) is 5.56 Å². The predicted octanol–water partition coefficient (Wildman–Crippen LogP) is 3.81. The Hall–Kier alpha value is -1.59. The van der Waals surface area contributed by atoms with Crippen LogP contribution in [0.4, 0.5) is 13.2 Å². The minimum absolute atomic E-state index is 0. The van der Waals surface area contributed by atoms with Crippen LogP contribution in [0.2, 0.25) is 0 Å². The van der Waals surface area contributed by atoms with Crippen molar-refractivity contribution < 1.29 is 27.8 Å². The highest BCUT2D eigenvalue weighted by atomic mass is 127. The normalized spacial score (nSPS) is 20.1. The molecule has 0 bridgehead atoms. The Bertz CT molecular complexity index is 646. The lowest BCUT2D eigenvalue weighted by Crippen LogP contribution is -2.46. The largest absolute Gasteiger partial charge is 0.502 e. The molecule has 1 aromatic rings. The monoisotopic (exact) mass is 517 g/mol. The smallest absolute Gasteiger partial charge is 0.391 e. The quantitative estimate of drug-likeness (QED) is 0.315. The van der Waals surface area contributed by atoms with Gasteiger partial charge >= 0.3 is 6.18 Å². The van der Waals surface area contributed by atoms with Crippen molar-refractivity contribution in [2.45, 2.75) is 44.4 Å². The number of nitrogens with one attached hydrogen (secondary N) is 2. The van der Waals surface area contributed by atoms with Gasteiger partial charge in [-0.05, 0) is 37.0 Å². The zero-order valence-electron chi connectivity index (χ0n) is 16.1. The lowest BCUT2D eigenvalue weighted by Gasteiger charge is -2.31. The molecule has 6 nitrogen and oxygen atoms in total. The van der Waals surface area contributed by atoms with Gasteiger partial charge in [0.25, 0.3) is 0 Å². The molecule has 28 heavy (non-hydrogen) atoms. The first kappa shape index (κ1) is 24.4. The van der Waals surface area contributed by atoms with E-state index in [4.69, 9.17) is 9.47 Å². The number of alkyl halides is 3. The molecule has 0 saturated heterocycles. The molecule has 10 heteroatoms. The van der Waals surface area contributed by atoms with Crippen molar-refractivity contribution in [1.29, 1.82) is 0 Å². The molecule has 1 aliphatic rings. The van der Waals surface area contributed by atoms with E-state index in [9.17, 15) is 18.3 Å². The first-order valence-corrected chi connectivity index (χ1v) is 8.76. The molecule has 1 aliphatic carbocycles. The Kier molecular flexibility index (Phi) is 9.45. The van der Waals surface area contributed by atoms with Crippen molar-refractivity contribution in [3.63, 3.8) is 0 Å². The average Bonchev–Trinajstić information content (AvgIpc) is 2.65. The van der Waals surface area contributed by atoms with E-state index in [1.165, 1.54) is 14.2 Å². The van der Waals surface area contributed by atoms with Gasteiger partial charge in [-0.3, -0.25) is 4.99 Å². The average molecular weight is 517 g/mol. The van der Waals surface area contributed by atoms with Gasteiger partial charge in [0.05, 0.1) is 20.1 Å². The van der Waals surface area contributed by atoms with Crippen LogP contribution in [0.15, 0.2) is 17.1 Å². The summed E-state index contributed by atoms with van der Waals surface area (Å²) in [4.78, 5) is 4.09. The summed E-state index contributed by atoms with van der Waals surface area (Å²) in [5, 5.41) is 16.1. The van der Waals surface area contributed by atoms with E-state index in [1.807, 2.05) is 0 Å². The molecule has 0 radical (unpaired) electrons. The molecule has 0 aliphatic heterocycles. The maximum atomic E-state index is 13.0. The minimum atomic E-state index is -4.16. The van der Waals surface area contributed by atoms with Crippen LogP contribution in [0.1, 0.15) is 31.2 Å². The molecule has 160 valence electrons. The van der Waals surface area contributed by atoms with E-state index in [-0.39, 0.29) is 60.1 Å². The van der Waals surface area contributed by atoms with Crippen LogP contribution >= 0.6 is 24.0 Å². The van der Waals surface area contributed by atoms with Gasteiger partial charge in [-0.1, -0.05) is 6.42 Å². The number of methoxy groups -OCH3 is 2. The number of guanidine groups is 1. The summed E-state index contributed by atoms with van der Waals surface area (Å²) in [5.74, 6) is -0.392. The lowest BCUT2D eigenvalue weighted by atomic mass is 9.85. The Morgan fingerprint density at radius 1 is 1.21 bits per heavy atom. The van der Waals surface area contributed by atoms with Gasteiger partial charge in [-0.2, -0.15) is 13.2 Å². The summed E-state index contributed by atoms with van der Waals surface area (Å²) in [6.45, 7) is 0.335. The molecular formula is C18H27F3IN3O3. The molecule has 2 unspecified atom stereocenters. The van der Waals surface area contributed by atoms with Crippen LogP contribution in [-0.4, -0.2) is 44.6 Å². The second-order valence-electron chi connectivity index (χ2n) is 6.52. The SMILES string of the molecule is CN=C(NCc1cc(OC)c(O)c(OC)c1)NC1CCCC(C(F)(F)F)C1.I. The third-order valence-electron chi connectivity index (χ3n) is 4.70. The fourth-order valence-electron chi connectivity index (χ4n) is 3.24. The Morgan fingerprint density at radius 2 is 1.82 bits per heavy atom. The first-order chi connectivity index (χ1) is 12.8. The number of rotatable bonds is 5. The molecule has 0 amide bonds. The van der Waals surface area contributed by atoms with Crippen molar-refractivity contribution in [1.82, 2.24) is 10.6 Å². The van der Waals surface area contributed by atoms with E-state index in [2.05, 4.69) is 15.6 Å². The third kappa shape index (κ3) is 6.49. The van der Waals surface area contributed by atoms with Gasteiger partial charge in [-0.25, -0.2) is 0 Å². The van der Waals surface area contributed by atoms with E-state index in [0.29, 0.717) is 25.3 Å². The van der Waals surface area contributed by atoms with Gasteiger partial charge in [0, 0.05) is 19.6 Å². The molecule has 3 N–H and O–H groups in total. The first-order valence-electron chi connectivity index (χ1n) is 8.76. The predicted molar refractivity (Wildman–Crippen MR) is 112 cm³/mol. The van der Waals surface area contributed by atoms with Crippen molar-refractivity contribution >= 4 is 29.9 Å². The van der Waals surface area contributed by atoms with Gasteiger partial charge < -0.3 is 25.2 Å². The van der Waals surface area contributed by atoms with Crippen molar-refractivity contribution in [2.75, 3.05) is 21.3 Å². The summed E-state index contributed by atoms with van der Waals surface area (Å²) in [7, 11) is 4.44. The zero-order chi connectivity index (χ0) is 20.0.